The van der Waals surface area contributed by atoms with Crippen molar-refractivity contribution in [3.8, 4) is 28.2 Å². The van der Waals surface area contributed by atoms with Crippen LogP contribution in [0.3, 0.4) is 0 Å². The highest BCUT2D eigenvalue weighted by atomic mass is 35.5. The summed E-state index contributed by atoms with van der Waals surface area (Å²) in [6.07, 6.45) is 3.34. The first-order valence-corrected chi connectivity index (χ1v) is 10.7. The zero-order chi connectivity index (χ0) is 23.7. The molecule has 0 saturated carbocycles. The van der Waals surface area contributed by atoms with Gasteiger partial charge in [-0.15, -0.1) is 6.58 Å². The molecular weight excluding hydrogens is 463 g/mol. The number of hydrogen-bond acceptors (Lipinski definition) is 5. The van der Waals surface area contributed by atoms with Crippen molar-refractivity contribution in [1.29, 1.82) is 0 Å². The molecule has 1 aliphatic carbocycles. The normalized spacial score (nSPS) is 11.0. The van der Waals surface area contributed by atoms with Crippen LogP contribution in [0.15, 0.2) is 77.0 Å². The van der Waals surface area contributed by atoms with E-state index in [2.05, 4.69) is 13.2 Å². The first-order chi connectivity index (χ1) is 15.9. The lowest BCUT2D eigenvalue weighted by molar-refractivity contribution is 0.0550. The van der Waals surface area contributed by atoms with Gasteiger partial charge in [-0.1, -0.05) is 60.1 Å². The molecule has 0 amide bonds. The number of phenolic OH excluding ortho intramolecular Hbond substituents is 1. The number of carbonyl (C=O) groups is 1. The molecule has 0 spiro atoms. The maximum absolute atomic E-state index is 12.8. The van der Waals surface area contributed by atoms with Crippen molar-refractivity contribution in [2.75, 3.05) is 6.61 Å². The quantitative estimate of drug-likeness (QED) is 0.190. The van der Waals surface area contributed by atoms with Crippen LogP contribution in [0.2, 0.25) is 10.0 Å². The molecule has 4 rings (SSSR count). The lowest BCUT2D eigenvalue weighted by atomic mass is 9.89. The lowest BCUT2D eigenvalue weighted by Crippen LogP contribution is -2.08. The number of phenols is 1. The standard InChI is InChI=1S/C26H18Cl2O5/c1-3-7-16-24(30)20(28)12-18-23(14-8-5-6-9-15(14)26(31)32-10-4-2)17-11-19(27)21(29)13-22(17)33-25(16)18/h3-6,8-9,11-13,30H,1-2,7,10H2. The predicted octanol–water partition coefficient (Wildman–Crippen LogP) is 6.65. The van der Waals surface area contributed by atoms with E-state index >= 15 is 0 Å². The SMILES string of the molecule is C=CCOC(=O)c1ccccc1-c1c2cc(Cl)c(=O)cc-2oc2c(CC=C)c(O)c(Cl)cc12. The fraction of sp³-hybridized carbons (Fsp3) is 0.0769. The molecule has 2 aromatic rings. The number of aromatic hydroxyl groups is 1. The number of ether oxygens (including phenoxy) is 1. The van der Waals surface area contributed by atoms with E-state index in [4.69, 9.17) is 32.4 Å². The van der Waals surface area contributed by atoms with Gasteiger partial charge in [0.2, 0.25) is 5.43 Å². The summed E-state index contributed by atoms with van der Waals surface area (Å²) in [4.78, 5) is 25.1. The molecule has 0 fully saturated rings. The summed E-state index contributed by atoms with van der Waals surface area (Å²) in [5.74, 6) is -0.448. The summed E-state index contributed by atoms with van der Waals surface area (Å²) in [7, 11) is 0. The van der Waals surface area contributed by atoms with Gasteiger partial charge in [0, 0.05) is 28.1 Å². The van der Waals surface area contributed by atoms with Crippen molar-refractivity contribution in [3.63, 3.8) is 0 Å². The topological polar surface area (TPSA) is 76.7 Å². The average molecular weight is 481 g/mol. The molecule has 33 heavy (non-hydrogen) atoms. The lowest BCUT2D eigenvalue weighted by Gasteiger charge is -2.19. The smallest absolute Gasteiger partial charge is 0.339 e. The molecule has 0 unspecified atom stereocenters. The molecule has 0 bridgehead atoms. The van der Waals surface area contributed by atoms with E-state index in [1.807, 2.05) is 0 Å². The molecule has 5 nitrogen and oxygen atoms in total. The second kappa shape index (κ2) is 9.14. The molecule has 0 saturated heterocycles. The maximum atomic E-state index is 12.8. The van der Waals surface area contributed by atoms with Gasteiger partial charge in [-0.05, 0) is 30.2 Å². The summed E-state index contributed by atoms with van der Waals surface area (Å²) in [6.45, 7) is 7.36. The van der Waals surface area contributed by atoms with E-state index in [9.17, 15) is 14.7 Å². The minimum atomic E-state index is -0.546. The Bertz CT molecular complexity index is 1450. The van der Waals surface area contributed by atoms with Crippen LogP contribution in [-0.4, -0.2) is 17.7 Å². The van der Waals surface area contributed by atoms with E-state index in [0.29, 0.717) is 38.8 Å². The number of benzene rings is 3. The Balaban J connectivity index is 2.19. The number of rotatable bonds is 6. The third kappa shape index (κ3) is 4.01. The Hall–Kier alpha value is -3.54. The third-order valence-corrected chi connectivity index (χ3v) is 5.77. The van der Waals surface area contributed by atoms with E-state index in [1.165, 1.54) is 18.2 Å². The molecule has 1 heterocycles. The van der Waals surface area contributed by atoms with Gasteiger partial charge in [0.15, 0.2) is 0 Å². The van der Waals surface area contributed by atoms with Crippen molar-refractivity contribution in [3.05, 3.63) is 99.2 Å². The van der Waals surface area contributed by atoms with E-state index < -0.39 is 11.4 Å². The largest absolute Gasteiger partial charge is 0.506 e. The zero-order valence-corrected chi connectivity index (χ0v) is 18.9. The third-order valence-electron chi connectivity index (χ3n) is 5.18. The molecule has 166 valence electrons. The van der Waals surface area contributed by atoms with Crippen LogP contribution in [0, 0.1) is 0 Å². The van der Waals surface area contributed by atoms with Gasteiger partial charge in [-0.25, -0.2) is 4.79 Å². The van der Waals surface area contributed by atoms with Gasteiger partial charge in [0.1, 0.15) is 23.7 Å². The van der Waals surface area contributed by atoms with Crippen LogP contribution in [0.4, 0.5) is 0 Å². The molecule has 1 aliphatic heterocycles. The first kappa shape index (κ1) is 22.6. The van der Waals surface area contributed by atoms with Crippen molar-refractivity contribution in [1.82, 2.24) is 0 Å². The van der Waals surface area contributed by atoms with Crippen LogP contribution in [0.25, 0.3) is 33.4 Å². The molecule has 2 aliphatic rings. The second-order valence-corrected chi connectivity index (χ2v) is 8.06. The van der Waals surface area contributed by atoms with Crippen LogP contribution in [-0.2, 0) is 11.2 Å². The number of esters is 1. The van der Waals surface area contributed by atoms with Crippen molar-refractivity contribution in [2.45, 2.75) is 6.42 Å². The van der Waals surface area contributed by atoms with Gasteiger partial charge in [-0.2, -0.15) is 0 Å². The fourth-order valence-corrected chi connectivity index (χ4v) is 4.15. The predicted molar refractivity (Wildman–Crippen MR) is 131 cm³/mol. The van der Waals surface area contributed by atoms with Gasteiger partial charge >= 0.3 is 5.97 Å². The van der Waals surface area contributed by atoms with Crippen LogP contribution < -0.4 is 5.43 Å². The van der Waals surface area contributed by atoms with Gasteiger partial charge in [-0.3, -0.25) is 4.79 Å². The molecule has 1 N–H and O–H groups in total. The van der Waals surface area contributed by atoms with Gasteiger partial charge in [0.25, 0.3) is 0 Å². The number of fused-ring (bicyclic) bond motifs is 2. The van der Waals surface area contributed by atoms with Crippen molar-refractivity contribution < 1.29 is 19.1 Å². The summed E-state index contributed by atoms with van der Waals surface area (Å²) in [5, 5.41) is 11.2. The summed E-state index contributed by atoms with van der Waals surface area (Å²) >= 11 is 12.5. The number of hydrogen-bond donors (Lipinski definition) is 1. The fourth-order valence-electron chi connectivity index (χ4n) is 3.76. The van der Waals surface area contributed by atoms with E-state index in [1.54, 1.807) is 36.4 Å². The average Bonchev–Trinajstić information content (AvgIpc) is 2.80. The Morgan fingerprint density at radius 1 is 1.06 bits per heavy atom. The zero-order valence-electron chi connectivity index (χ0n) is 17.4. The molecule has 0 aromatic heterocycles. The van der Waals surface area contributed by atoms with Crippen LogP contribution >= 0.6 is 23.2 Å². The molecule has 7 heteroatoms. The van der Waals surface area contributed by atoms with Crippen molar-refractivity contribution in [2.24, 2.45) is 0 Å². The van der Waals surface area contributed by atoms with Gasteiger partial charge in [0.05, 0.1) is 15.6 Å². The Labute approximate surface area is 199 Å². The van der Waals surface area contributed by atoms with Crippen LogP contribution in [0.1, 0.15) is 15.9 Å². The number of allylic oxidation sites excluding steroid dienone is 1. The van der Waals surface area contributed by atoms with Crippen molar-refractivity contribution >= 4 is 40.1 Å². The maximum Gasteiger partial charge on any atom is 0.339 e. The molecule has 0 radical (unpaired) electrons. The van der Waals surface area contributed by atoms with Crippen LogP contribution in [0.5, 0.6) is 5.75 Å². The highest BCUT2D eigenvalue weighted by molar-refractivity contribution is 6.33. The van der Waals surface area contributed by atoms with Gasteiger partial charge < -0.3 is 14.3 Å². The Morgan fingerprint density at radius 2 is 1.82 bits per heavy atom. The highest BCUT2D eigenvalue weighted by Crippen LogP contribution is 2.46. The van der Waals surface area contributed by atoms with E-state index in [0.717, 1.165) is 0 Å². The molecule has 0 atom stereocenters. The Morgan fingerprint density at radius 3 is 2.55 bits per heavy atom. The summed E-state index contributed by atoms with van der Waals surface area (Å²) in [5.41, 5.74) is 2.19. The molecular formula is C26H18Cl2O5. The Kier molecular flexibility index (Phi) is 6.27. The number of halogens is 2. The molecule has 2 aromatic carbocycles. The highest BCUT2D eigenvalue weighted by Gasteiger charge is 2.25. The minimum Gasteiger partial charge on any atom is -0.506 e. The monoisotopic (exact) mass is 480 g/mol. The second-order valence-electron chi connectivity index (χ2n) is 7.24. The minimum absolute atomic E-state index is 0.00112. The summed E-state index contributed by atoms with van der Waals surface area (Å²) in [6, 6.07) is 11.2. The first-order valence-electron chi connectivity index (χ1n) is 9.96. The summed E-state index contributed by atoms with van der Waals surface area (Å²) < 4.78 is 11.4. The van der Waals surface area contributed by atoms with E-state index in [-0.39, 0.29) is 34.6 Å². The number of carbonyl (C=O) groups excluding carboxylic acids is 1.